The topological polar surface area (TPSA) is 74.4 Å². The van der Waals surface area contributed by atoms with Gasteiger partial charge >= 0.3 is 0 Å². The Kier molecular flexibility index (Phi) is 9.70. The third-order valence-corrected chi connectivity index (χ3v) is 16.5. The van der Waals surface area contributed by atoms with Crippen molar-refractivity contribution in [3.8, 4) is 0 Å². The quantitative estimate of drug-likeness (QED) is 0.359. The van der Waals surface area contributed by atoms with Gasteiger partial charge in [0.05, 0.1) is 12.7 Å². The zero-order valence-electron chi connectivity index (χ0n) is 31.4. The molecule has 3 unspecified atom stereocenters. The molecule has 0 radical (unpaired) electrons. The van der Waals surface area contributed by atoms with E-state index in [1.165, 1.54) is 57.8 Å². The van der Waals surface area contributed by atoms with Crippen molar-refractivity contribution in [2.45, 2.75) is 136 Å². The van der Waals surface area contributed by atoms with Gasteiger partial charge in [0.1, 0.15) is 0 Å². The van der Waals surface area contributed by atoms with Crippen LogP contribution in [0.25, 0.3) is 0 Å². The molecule has 0 bridgehead atoms. The first-order valence-electron chi connectivity index (χ1n) is 20.9. The van der Waals surface area contributed by atoms with Crippen molar-refractivity contribution >= 4 is 11.8 Å². The van der Waals surface area contributed by atoms with Crippen molar-refractivity contribution < 1.29 is 19.1 Å². The van der Waals surface area contributed by atoms with E-state index >= 15 is 0 Å². The zero-order chi connectivity index (χ0) is 34.0. The number of carbonyl (C=O) groups excluding carboxylic acids is 2. The first-order valence-corrected chi connectivity index (χ1v) is 20.9. The molecule has 8 aliphatic rings. The van der Waals surface area contributed by atoms with E-state index in [1.54, 1.807) is 0 Å². The fraction of sp³-hybridized carbons (Fsp3) is 0.951. The number of rotatable bonds is 7. The highest BCUT2D eigenvalue weighted by molar-refractivity contribution is 5.77. The van der Waals surface area contributed by atoms with Gasteiger partial charge in [-0.1, -0.05) is 27.7 Å². The molecule has 1 spiro atoms. The average molecular weight is 681 g/mol. The highest BCUT2D eigenvalue weighted by Crippen LogP contribution is 2.71. The first kappa shape index (κ1) is 34.8. The molecular weight excluding hydrogens is 612 g/mol. The van der Waals surface area contributed by atoms with Crippen LogP contribution in [0.15, 0.2) is 0 Å². The average Bonchev–Trinajstić information content (AvgIpc) is 3.79. The summed E-state index contributed by atoms with van der Waals surface area (Å²) in [6.07, 6.45) is 16.7. The van der Waals surface area contributed by atoms with Crippen molar-refractivity contribution in [1.29, 1.82) is 0 Å². The molecule has 0 aromatic heterocycles. The minimum Gasteiger partial charge on any atom is -0.353 e. The third-order valence-electron chi connectivity index (χ3n) is 16.5. The van der Waals surface area contributed by atoms with Gasteiger partial charge in [-0.15, -0.1) is 0 Å². The molecule has 8 fully saturated rings. The summed E-state index contributed by atoms with van der Waals surface area (Å²) in [5, 5.41) is 3.49. The van der Waals surface area contributed by atoms with E-state index in [1.807, 2.05) is 4.90 Å². The number of amides is 2. The van der Waals surface area contributed by atoms with E-state index < -0.39 is 0 Å². The standard InChI is InChI=1S/C41H68N4O4/c1-28-9-16-41(48-27-28)29(2)38-35(49-41)26-34-32-8-7-30-25-31(10-14-39(30,3)33(32)11-15-40(34,38)4)42-36(46)12-19-44-21-23-45(24-22-44)37(47)13-20-43-17-5-6-18-43/h28-35,38H,5-27H2,1-4H3,(H,42,46)/t28?,29-,30+,31?,32+,33-,34-,35-,38-,39-,40-,41?/m0/s1. The second-order valence-corrected chi connectivity index (χ2v) is 19.0. The maximum absolute atomic E-state index is 13.2. The molecule has 0 aromatic carbocycles. The number of likely N-dealkylation sites (tertiary alicyclic amines) is 1. The third kappa shape index (κ3) is 6.33. The predicted octanol–water partition coefficient (Wildman–Crippen LogP) is 5.94. The summed E-state index contributed by atoms with van der Waals surface area (Å²) in [6, 6.07) is 0.329. The van der Waals surface area contributed by atoms with E-state index in [4.69, 9.17) is 9.47 Å². The molecule has 4 saturated carbocycles. The maximum Gasteiger partial charge on any atom is 0.223 e. The van der Waals surface area contributed by atoms with Gasteiger partial charge in [-0.25, -0.2) is 0 Å². The molecule has 2 amide bonds. The molecule has 49 heavy (non-hydrogen) atoms. The lowest BCUT2D eigenvalue weighted by Gasteiger charge is -2.61. The number of hydrogen-bond donors (Lipinski definition) is 1. The van der Waals surface area contributed by atoms with E-state index in [2.05, 4.69) is 42.8 Å². The van der Waals surface area contributed by atoms with Crippen LogP contribution in [0.4, 0.5) is 0 Å². The summed E-state index contributed by atoms with van der Waals surface area (Å²) < 4.78 is 13.6. The second-order valence-electron chi connectivity index (χ2n) is 19.0. The molecule has 0 aromatic rings. The molecule has 4 heterocycles. The van der Waals surface area contributed by atoms with Gasteiger partial charge in [-0.05, 0) is 130 Å². The molecule has 4 aliphatic carbocycles. The summed E-state index contributed by atoms with van der Waals surface area (Å²) in [4.78, 5) is 32.8. The summed E-state index contributed by atoms with van der Waals surface area (Å²) in [7, 11) is 0. The summed E-state index contributed by atoms with van der Waals surface area (Å²) in [6.45, 7) is 18.3. The monoisotopic (exact) mass is 681 g/mol. The molecule has 1 N–H and O–H groups in total. The Morgan fingerprint density at radius 3 is 2.27 bits per heavy atom. The van der Waals surface area contributed by atoms with Crippen LogP contribution in [0.1, 0.15) is 118 Å². The van der Waals surface area contributed by atoms with Gasteiger partial charge in [0.25, 0.3) is 0 Å². The smallest absolute Gasteiger partial charge is 0.223 e. The van der Waals surface area contributed by atoms with Crippen LogP contribution >= 0.6 is 0 Å². The fourth-order valence-electron chi connectivity index (χ4n) is 13.6. The highest BCUT2D eigenvalue weighted by Gasteiger charge is 2.69. The Balaban J connectivity index is 0.794. The lowest BCUT2D eigenvalue weighted by atomic mass is 9.44. The van der Waals surface area contributed by atoms with Gasteiger partial charge in [-0.2, -0.15) is 0 Å². The molecular formula is C41H68N4O4. The van der Waals surface area contributed by atoms with E-state index in [0.29, 0.717) is 59.5 Å². The van der Waals surface area contributed by atoms with Gasteiger partial charge in [0.2, 0.25) is 11.8 Å². The SMILES string of the molecule is CC1CCC2(OC1)O[C@H]1C[C@H]3[C@@H]4CC[C@@H]5CC(NC(=O)CCN6CCN(C(=O)CCN7CCCC7)CC6)CC[C@]5(C)[C@H]4CC[C@]3(C)[C@H]1[C@@H]2C. The highest BCUT2D eigenvalue weighted by atomic mass is 16.7. The summed E-state index contributed by atoms with van der Waals surface area (Å²) in [5.41, 5.74) is 0.788. The molecule has 12 atom stereocenters. The number of hydrogen-bond acceptors (Lipinski definition) is 6. The van der Waals surface area contributed by atoms with E-state index in [-0.39, 0.29) is 11.7 Å². The molecule has 8 rings (SSSR count). The molecule has 8 nitrogen and oxygen atoms in total. The molecule has 8 heteroatoms. The summed E-state index contributed by atoms with van der Waals surface area (Å²) in [5.74, 6) is 5.15. The first-order chi connectivity index (χ1) is 23.6. The normalized spacial score (nSPS) is 47.0. The Morgan fingerprint density at radius 1 is 0.776 bits per heavy atom. The lowest BCUT2D eigenvalue weighted by Crippen LogP contribution is -2.56. The minimum absolute atomic E-state index is 0.223. The van der Waals surface area contributed by atoms with Crippen molar-refractivity contribution in [3.63, 3.8) is 0 Å². The van der Waals surface area contributed by atoms with Crippen molar-refractivity contribution in [2.24, 2.45) is 52.3 Å². The van der Waals surface area contributed by atoms with Gasteiger partial charge in [0.15, 0.2) is 5.79 Å². The van der Waals surface area contributed by atoms with Crippen LogP contribution in [0.5, 0.6) is 0 Å². The zero-order valence-corrected chi connectivity index (χ0v) is 31.4. The molecule has 4 aliphatic heterocycles. The predicted molar refractivity (Wildman–Crippen MR) is 192 cm³/mol. The second kappa shape index (κ2) is 13.6. The number of piperazine rings is 1. The van der Waals surface area contributed by atoms with Crippen LogP contribution < -0.4 is 5.32 Å². The van der Waals surface area contributed by atoms with Crippen LogP contribution in [0, 0.1) is 52.3 Å². The largest absolute Gasteiger partial charge is 0.353 e. The Morgan fingerprint density at radius 2 is 1.51 bits per heavy atom. The number of carbonyl (C=O) groups is 2. The number of nitrogens with one attached hydrogen (secondary N) is 1. The van der Waals surface area contributed by atoms with Gasteiger partial charge < -0.3 is 24.6 Å². The Hall–Kier alpha value is -1.22. The number of ether oxygens (including phenoxy) is 2. The van der Waals surface area contributed by atoms with Crippen LogP contribution in [-0.4, -0.2) is 103 Å². The van der Waals surface area contributed by atoms with Crippen LogP contribution in [0.3, 0.4) is 0 Å². The van der Waals surface area contributed by atoms with Crippen molar-refractivity contribution in [3.05, 3.63) is 0 Å². The van der Waals surface area contributed by atoms with Crippen molar-refractivity contribution in [1.82, 2.24) is 20.0 Å². The van der Waals surface area contributed by atoms with E-state index in [0.717, 1.165) is 102 Å². The minimum atomic E-state index is -0.318. The summed E-state index contributed by atoms with van der Waals surface area (Å²) >= 11 is 0. The van der Waals surface area contributed by atoms with Crippen LogP contribution in [-0.2, 0) is 19.1 Å². The van der Waals surface area contributed by atoms with Gasteiger partial charge in [-0.3, -0.25) is 14.5 Å². The Bertz CT molecular complexity index is 1210. The van der Waals surface area contributed by atoms with Crippen molar-refractivity contribution in [2.75, 3.05) is 59.0 Å². The number of fused-ring (bicyclic) bond motifs is 7. The van der Waals surface area contributed by atoms with Gasteiger partial charge in [0, 0.05) is 70.5 Å². The Labute approximate surface area is 297 Å². The van der Waals surface area contributed by atoms with Crippen LogP contribution in [0.2, 0.25) is 0 Å². The lowest BCUT2D eigenvalue weighted by molar-refractivity contribution is -0.273. The van der Waals surface area contributed by atoms with E-state index in [9.17, 15) is 9.59 Å². The molecule has 4 saturated heterocycles. The fourth-order valence-corrected chi connectivity index (χ4v) is 13.6. The maximum atomic E-state index is 13.2. The molecule has 276 valence electrons. The number of nitrogens with zero attached hydrogens (tertiary/aromatic N) is 3.